The van der Waals surface area contributed by atoms with Crippen LogP contribution in [-0.2, 0) is 27.2 Å². The highest BCUT2D eigenvalue weighted by Gasteiger charge is 2.38. The summed E-state index contributed by atoms with van der Waals surface area (Å²) >= 11 is 0. The van der Waals surface area contributed by atoms with Crippen LogP contribution in [0.2, 0.25) is 0 Å². The molecule has 2 aromatic carbocycles. The first-order valence-electron chi connectivity index (χ1n) is 8.49. The maximum absolute atomic E-state index is 12.9. The van der Waals surface area contributed by atoms with Gasteiger partial charge in [-0.25, -0.2) is 8.42 Å². The van der Waals surface area contributed by atoms with Crippen LogP contribution in [0.5, 0.6) is 0 Å². The number of benzene rings is 2. The third-order valence-corrected chi connectivity index (χ3v) is 5.59. The Bertz CT molecular complexity index is 1030. The van der Waals surface area contributed by atoms with Gasteiger partial charge in [0.15, 0.2) is 0 Å². The van der Waals surface area contributed by atoms with Gasteiger partial charge in [-0.05, 0) is 55.3 Å². The number of sulfonamides is 1. The molecule has 0 saturated heterocycles. The molecule has 5 nitrogen and oxygen atoms in total. The third kappa shape index (κ3) is 5.23. The van der Waals surface area contributed by atoms with Gasteiger partial charge in [-0.3, -0.25) is 9.52 Å². The topological polar surface area (TPSA) is 75.3 Å². The van der Waals surface area contributed by atoms with Crippen molar-refractivity contribution in [3.05, 3.63) is 53.6 Å². The summed E-state index contributed by atoms with van der Waals surface area (Å²) in [5.74, 6) is -0.251. The molecule has 162 valence electrons. The fraction of sp³-hybridized carbons (Fsp3) is 0.278. The molecule has 30 heavy (non-hydrogen) atoms. The molecule has 0 unspecified atom stereocenters. The molecule has 0 radical (unpaired) electrons. The maximum atomic E-state index is 12.9. The van der Waals surface area contributed by atoms with Crippen molar-refractivity contribution in [2.75, 3.05) is 10.0 Å². The zero-order chi connectivity index (χ0) is 22.3. The van der Waals surface area contributed by atoms with Crippen molar-refractivity contribution in [2.45, 2.75) is 30.1 Å². The van der Waals surface area contributed by atoms with Gasteiger partial charge in [-0.15, -0.1) is 0 Å². The monoisotopic (exact) mass is 452 g/mol. The summed E-state index contributed by atoms with van der Waals surface area (Å²) in [5.41, 5.74) is -3.22. The van der Waals surface area contributed by atoms with Gasteiger partial charge < -0.3 is 5.32 Å². The van der Waals surface area contributed by atoms with E-state index in [4.69, 9.17) is 0 Å². The minimum atomic E-state index is -5.17. The minimum absolute atomic E-state index is 0.0630. The number of hydrogen-bond donors (Lipinski definition) is 2. The van der Waals surface area contributed by atoms with Gasteiger partial charge in [0.05, 0.1) is 16.0 Å². The molecule has 0 heterocycles. The first-order chi connectivity index (χ1) is 13.8. The average Bonchev–Trinajstić information content (AvgIpc) is 3.46. The number of carbonyl (C=O) groups excluding carboxylic acids is 1. The van der Waals surface area contributed by atoms with Gasteiger partial charge >= 0.3 is 12.4 Å². The highest BCUT2D eigenvalue weighted by molar-refractivity contribution is 7.92. The molecule has 0 atom stereocenters. The van der Waals surface area contributed by atoms with Crippen molar-refractivity contribution < 1.29 is 39.6 Å². The summed E-state index contributed by atoms with van der Waals surface area (Å²) < 4.78 is 104. The van der Waals surface area contributed by atoms with Gasteiger partial charge in [0.25, 0.3) is 10.0 Å². The second-order valence-electron chi connectivity index (χ2n) is 6.69. The lowest BCUT2D eigenvalue weighted by molar-refractivity contribution is -0.143. The van der Waals surface area contributed by atoms with Crippen LogP contribution in [0.15, 0.2) is 47.4 Å². The van der Waals surface area contributed by atoms with Crippen LogP contribution in [0.1, 0.15) is 24.0 Å². The molecule has 1 saturated carbocycles. The summed E-state index contributed by atoms with van der Waals surface area (Å²) in [4.78, 5) is 10.5. The minimum Gasteiger partial charge on any atom is -0.326 e. The third-order valence-electron chi connectivity index (χ3n) is 4.22. The van der Waals surface area contributed by atoms with E-state index in [-0.39, 0.29) is 35.7 Å². The molecule has 0 aromatic heterocycles. The molecule has 1 aliphatic rings. The molecule has 0 spiro atoms. The number of halogens is 6. The van der Waals surface area contributed by atoms with Crippen molar-refractivity contribution in [1.29, 1.82) is 0 Å². The fourth-order valence-corrected chi connectivity index (χ4v) is 3.64. The molecule has 3 rings (SSSR count). The van der Waals surface area contributed by atoms with Gasteiger partial charge in [0.2, 0.25) is 5.91 Å². The van der Waals surface area contributed by atoms with Crippen LogP contribution in [-0.4, -0.2) is 14.3 Å². The largest absolute Gasteiger partial charge is 0.416 e. The number of alkyl halides is 6. The van der Waals surface area contributed by atoms with E-state index in [1.807, 2.05) is 4.72 Å². The van der Waals surface area contributed by atoms with Crippen LogP contribution >= 0.6 is 0 Å². The van der Waals surface area contributed by atoms with Crippen LogP contribution < -0.4 is 10.0 Å². The van der Waals surface area contributed by atoms with Crippen LogP contribution in [0.4, 0.5) is 37.7 Å². The molecular weight excluding hydrogens is 438 g/mol. The molecule has 1 amide bonds. The molecule has 0 aliphatic heterocycles. The first-order valence-corrected chi connectivity index (χ1v) is 9.97. The molecule has 12 heteroatoms. The number of nitrogens with one attached hydrogen (secondary N) is 2. The quantitative estimate of drug-likeness (QED) is 0.636. The zero-order valence-corrected chi connectivity index (χ0v) is 15.8. The molecule has 0 bridgehead atoms. The van der Waals surface area contributed by atoms with Crippen molar-refractivity contribution >= 4 is 27.3 Å². The van der Waals surface area contributed by atoms with Crippen LogP contribution in [0.3, 0.4) is 0 Å². The summed E-state index contributed by atoms with van der Waals surface area (Å²) in [7, 11) is -4.76. The molecular formula is C18H14F6N2O3S. The Hall–Kier alpha value is -2.76. The van der Waals surface area contributed by atoms with Crippen molar-refractivity contribution in [2.24, 2.45) is 5.92 Å². The SMILES string of the molecule is O=C(Nc1ccc(NS(=O)(=O)c2cc(C(F)(F)F)cc(C(F)(F)F)c2)cc1)C1CC1. The fourth-order valence-electron chi connectivity index (χ4n) is 2.51. The summed E-state index contributed by atoms with van der Waals surface area (Å²) in [6.45, 7) is 0. The van der Waals surface area contributed by atoms with Crippen molar-refractivity contribution in [3.63, 3.8) is 0 Å². The molecule has 2 N–H and O–H groups in total. The van der Waals surface area contributed by atoms with Crippen molar-refractivity contribution in [3.8, 4) is 0 Å². The Labute approximate surface area is 167 Å². The molecule has 1 aliphatic carbocycles. The summed E-state index contributed by atoms with van der Waals surface area (Å²) in [6.07, 6.45) is -8.79. The first kappa shape index (κ1) is 21.9. The Morgan fingerprint density at radius 2 is 1.30 bits per heavy atom. The molecule has 2 aromatic rings. The number of rotatable bonds is 5. The summed E-state index contributed by atoms with van der Waals surface area (Å²) in [6, 6.07) is 5.24. The number of anilines is 2. The number of hydrogen-bond acceptors (Lipinski definition) is 3. The van der Waals surface area contributed by atoms with Gasteiger partial charge in [0, 0.05) is 17.3 Å². The van der Waals surface area contributed by atoms with E-state index >= 15 is 0 Å². The Morgan fingerprint density at radius 1 is 0.833 bits per heavy atom. The van der Waals surface area contributed by atoms with E-state index in [0.717, 1.165) is 12.8 Å². The lowest BCUT2D eigenvalue weighted by Gasteiger charge is -2.15. The van der Waals surface area contributed by atoms with Gasteiger partial charge in [-0.2, -0.15) is 26.3 Å². The van der Waals surface area contributed by atoms with Crippen LogP contribution in [0.25, 0.3) is 0 Å². The smallest absolute Gasteiger partial charge is 0.326 e. The van der Waals surface area contributed by atoms with Crippen molar-refractivity contribution in [1.82, 2.24) is 0 Å². The highest BCUT2D eigenvalue weighted by Crippen LogP contribution is 2.37. The Kier molecular flexibility index (Phi) is 5.48. The van der Waals surface area contributed by atoms with E-state index in [9.17, 15) is 39.6 Å². The Balaban J connectivity index is 1.86. The standard InChI is InChI=1S/C18H14F6N2O3S/c19-17(20,21)11-7-12(18(22,23)24)9-15(8-11)30(28,29)26-14-5-3-13(4-6-14)25-16(27)10-1-2-10/h3-10,26H,1-2H2,(H,25,27). The normalized spacial score (nSPS) is 15.0. The second kappa shape index (κ2) is 7.49. The maximum Gasteiger partial charge on any atom is 0.416 e. The predicted molar refractivity (Wildman–Crippen MR) is 95.1 cm³/mol. The molecule has 1 fully saturated rings. The average molecular weight is 452 g/mol. The summed E-state index contributed by atoms with van der Waals surface area (Å²) in [5, 5.41) is 2.61. The van der Waals surface area contributed by atoms with Crippen LogP contribution in [0, 0.1) is 5.92 Å². The van der Waals surface area contributed by atoms with Gasteiger partial charge in [-0.1, -0.05) is 0 Å². The highest BCUT2D eigenvalue weighted by atomic mass is 32.2. The van der Waals surface area contributed by atoms with Gasteiger partial charge in [0.1, 0.15) is 0 Å². The predicted octanol–water partition coefficient (Wildman–Crippen LogP) is 4.87. The van der Waals surface area contributed by atoms with E-state index in [2.05, 4.69) is 5.32 Å². The number of carbonyl (C=O) groups is 1. The lowest BCUT2D eigenvalue weighted by atomic mass is 10.1. The van der Waals surface area contributed by atoms with E-state index in [0.29, 0.717) is 5.69 Å². The Morgan fingerprint density at radius 3 is 1.73 bits per heavy atom. The van der Waals surface area contributed by atoms with E-state index in [1.54, 1.807) is 0 Å². The lowest BCUT2D eigenvalue weighted by Crippen LogP contribution is -2.17. The zero-order valence-electron chi connectivity index (χ0n) is 14.9. The van der Waals surface area contributed by atoms with E-state index in [1.165, 1.54) is 24.3 Å². The number of amides is 1. The second-order valence-corrected chi connectivity index (χ2v) is 8.37. The van der Waals surface area contributed by atoms with E-state index < -0.39 is 38.4 Å².